The number of hydrogen-bond donors (Lipinski definition) is 1. The van der Waals surface area contributed by atoms with Crippen molar-refractivity contribution in [1.29, 1.82) is 0 Å². The van der Waals surface area contributed by atoms with Crippen LogP contribution in [0.1, 0.15) is 18.5 Å². The molecule has 1 aromatic carbocycles. The SMILES string of the molecule is Brc1ccc(OCCn2nccc2CNC2CC2)cc1. The molecule has 0 bridgehead atoms. The van der Waals surface area contributed by atoms with Crippen molar-refractivity contribution in [3.05, 3.63) is 46.7 Å². The number of benzene rings is 1. The molecule has 1 aliphatic carbocycles. The van der Waals surface area contributed by atoms with E-state index in [1.54, 1.807) is 0 Å². The number of aromatic nitrogens is 2. The first kappa shape index (κ1) is 13.6. The van der Waals surface area contributed by atoms with Gasteiger partial charge in [-0.1, -0.05) is 15.9 Å². The number of halogens is 1. The van der Waals surface area contributed by atoms with Crippen LogP contribution in [0.5, 0.6) is 5.75 Å². The minimum atomic E-state index is 0.625. The first-order valence-electron chi connectivity index (χ1n) is 6.94. The molecule has 1 fully saturated rings. The van der Waals surface area contributed by atoms with Crippen LogP contribution in [-0.2, 0) is 13.1 Å². The quantitative estimate of drug-likeness (QED) is 0.845. The summed E-state index contributed by atoms with van der Waals surface area (Å²) < 4.78 is 8.79. The molecule has 1 N–H and O–H groups in total. The van der Waals surface area contributed by atoms with Crippen LogP contribution in [-0.4, -0.2) is 22.4 Å². The molecule has 5 heteroatoms. The van der Waals surface area contributed by atoms with Gasteiger partial charge in [0.05, 0.1) is 12.2 Å². The Morgan fingerprint density at radius 2 is 2.05 bits per heavy atom. The van der Waals surface area contributed by atoms with Gasteiger partial charge in [0, 0.05) is 23.3 Å². The third kappa shape index (κ3) is 3.84. The van der Waals surface area contributed by atoms with Crippen LogP contribution in [0.25, 0.3) is 0 Å². The highest BCUT2D eigenvalue weighted by Crippen LogP contribution is 2.19. The minimum Gasteiger partial charge on any atom is -0.492 e. The maximum atomic E-state index is 5.73. The third-order valence-corrected chi connectivity index (χ3v) is 3.87. The lowest BCUT2D eigenvalue weighted by Gasteiger charge is -2.10. The lowest BCUT2D eigenvalue weighted by atomic mass is 10.3. The lowest BCUT2D eigenvalue weighted by Crippen LogP contribution is -2.20. The minimum absolute atomic E-state index is 0.625. The van der Waals surface area contributed by atoms with E-state index in [4.69, 9.17) is 4.74 Å². The first-order chi connectivity index (χ1) is 9.81. The van der Waals surface area contributed by atoms with Gasteiger partial charge in [-0.05, 0) is 43.2 Å². The smallest absolute Gasteiger partial charge is 0.119 e. The van der Waals surface area contributed by atoms with Crippen LogP contribution < -0.4 is 10.1 Å². The molecule has 3 rings (SSSR count). The van der Waals surface area contributed by atoms with E-state index >= 15 is 0 Å². The van der Waals surface area contributed by atoms with Gasteiger partial charge in [0.15, 0.2) is 0 Å². The summed E-state index contributed by atoms with van der Waals surface area (Å²) in [5, 5.41) is 7.86. The Hall–Kier alpha value is -1.33. The van der Waals surface area contributed by atoms with Crippen LogP contribution >= 0.6 is 15.9 Å². The predicted molar refractivity (Wildman–Crippen MR) is 81.7 cm³/mol. The summed E-state index contributed by atoms with van der Waals surface area (Å²) in [4.78, 5) is 0. The average molecular weight is 336 g/mol. The van der Waals surface area contributed by atoms with Gasteiger partial charge in [-0.15, -0.1) is 0 Å². The molecule has 20 heavy (non-hydrogen) atoms. The standard InChI is InChI=1S/C15H18BrN3O/c16-12-1-5-15(6-2-12)20-10-9-19-14(7-8-18-19)11-17-13-3-4-13/h1-2,5-8,13,17H,3-4,9-11H2. The molecule has 0 amide bonds. The highest BCUT2D eigenvalue weighted by atomic mass is 79.9. The Labute approximate surface area is 127 Å². The van der Waals surface area contributed by atoms with Crippen molar-refractivity contribution in [2.24, 2.45) is 0 Å². The second kappa shape index (κ2) is 6.41. The number of nitrogens with zero attached hydrogens (tertiary/aromatic N) is 2. The highest BCUT2D eigenvalue weighted by molar-refractivity contribution is 9.10. The van der Waals surface area contributed by atoms with Gasteiger partial charge in [-0.25, -0.2) is 0 Å². The summed E-state index contributed by atoms with van der Waals surface area (Å²) >= 11 is 3.41. The zero-order chi connectivity index (χ0) is 13.8. The Morgan fingerprint density at radius 1 is 1.25 bits per heavy atom. The molecular weight excluding hydrogens is 318 g/mol. The fraction of sp³-hybridized carbons (Fsp3) is 0.400. The molecule has 0 aliphatic heterocycles. The second-order valence-corrected chi connectivity index (χ2v) is 5.92. The van der Waals surface area contributed by atoms with Gasteiger partial charge in [-0.3, -0.25) is 4.68 Å². The van der Waals surface area contributed by atoms with E-state index < -0.39 is 0 Å². The number of ether oxygens (including phenoxy) is 1. The summed E-state index contributed by atoms with van der Waals surface area (Å²) in [5.41, 5.74) is 1.22. The van der Waals surface area contributed by atoms with E-state index in [0.29, 0.717) is 6.61 Å². The molecule has 0 saturated heterocycles. The van der Waals surface area contributed by atoms with Crippen molar-refractivity contribution in [1.82, 2.24) is 15.1 Å². The maximum Gasteiger partial charge on any atom is 0.119 e. The summed E-state index contributed by atoms with van der Waals surface area (Å²) in [6.07, 6.45) is 4.46. The summed E-state index contributed by atoms with van der Waals surface area (Å²) in [5.74, 6) is 0.887. The summed E-state index contributed by atoms with van der Waals surface area (Å²) in [7, 11) is 0. The topological polar surface area (TPSA) is 39.1 Å². The zero-order valence-corrected chi connectivity index (χ0v) is 12.8. The van der Waals surface area contributed by atoms with Gasteiger partial charge in [0.25, 0.3) is 0 Å². The van der Waals surface area contributed by atoms with Crippen molar-refractivity contribution in [2.45, 2.75) is 32.0 Å². The fourth-order valence-corrected chi connectivity index (χ4v) is 2.29. The van der Waals surface area contributed by atoms with Crippen molar-refractivity contribution < 1.29 is 4.74 Å². The fourth-order valence-electron chi connectivity index (χ4n) is 2.03. The number of nitrogens with one attached hydrogen (secondary N) is 1. The second-order valence-electron chi connectivity index (χ2n) is 5.00. The molecule has 0 unspecified atom stereocenters. The average Bonchev–Trinajstić information content (AvgIpc) is 3.18. The molecule has 2 aromatic rings. The molecule has 106 valence electrons. The van der Waals surface area contributed by atoms with E-state index in [-0.39, 0.29) is 0 Å². The monoisotopic (exact) mass is 335 g/mol. The molecule has 1 saturated carbocycles. The zero-order valence-electron chi connectivity index (χ0n) is 11.3. The molecule has 1 aromatic heterocycles. The number of hydrogen-bond acceptors (Lipinski definition) is 3. The molecule has 0 atom stereocenters. The molecule has 0 spiro atoms. The van der Waals surface area contributed by atoms with E-state index in [9.17, 15) is 0 Å². The first-order valence-corrected chi connectivity index (χ1v) is 7.73. The van der Waals surface area contributed by atoms with Gasteiger partial charge in [0.2, 0.25) is 0 Å². The van der Waals surface area contributed by atoms with Gasteiger partial charge >= 0.3 is 0 Å². The van der Waals surface area contributed by atoms with Crippen LogP contribution in [0, 0.1) is 0 Å². The van der Waals surface area contributed by atoms with Crippen molar-refractivity contribution in [3.63, 3.8) is 0 Å². The van der Waals surface area contributed by atoms with E-state index in [0.717, 1.165) is 29.4 Å². The van der Waals surface area contributed by atoms with E-state index in [1.807, 2.05) is 35.1 Å². The third-order valence-electron chi connectivity index (χ3n) is 3.34. The van der Waals surface area contributed by atoms with Crippen molar-refractivity contribution in [2.75, 3.05) is 6.61 Å². The Balaban J connectivity index is 1.47. The van der Waals surface area contributed by atoms with E-state index in [1.165, 1.54) is 18.5 Å². The van der Waals surface area contributed by atoms with Crippen LogP contribution in [0.4, 0.5) is 0 Å². The molecule has 1 heterocycles. The van der Waals surface area contributed by atoms with Crippen LogP contribution in [0.2, 0.25) is 0 Å². The lowest BCUT2D eigenvalue weighted by molar-refractivity contribution is 0.288. The molecular formula is C15H18BrN3O. The molecule has 4 nitrogen and oxygen atoms in total. The maximum absolute atomic E-state index is 5.73. The van der Waals surface area contributed by atoms with Crippen LogP contribution in [0.3, 0.4) is 0 Å². The largest absolute Gasteiger partial charge is 0.492 e. The van der Waals surface area contributed by atoms with Gasteiger partial charge < -0.3 is 10.1 Å². The molecule has 0 radical (unpaired) electrons. The Bertz CT molecular complexity index is 549. The summed E-state index contributed by atoms with van der Waals surface area (Å²) in [6, 6.07) is 10.7. The van der Waals surface area contributed by atoms with Crippen molar-refractivity contribution >= 4 is 15.9 Å². The molecule has 1 aliphatic rings. The van der Waals surface area contributed by atoms with E-state index in [2.05, 4.69) is 32.4 Å². The Morgan fingerprint density at radius 3 is 2.80 bits per heavy atom. The van der Waals surface area contributed by atoms with Gasteiger partial charge in [-0.2, -0.15) is 5.10 Å². The normalized spacial score (nSPS) is 14.4. The van der Waals surface area contributed by atoms with Gasteiger partial charge in [0.1, 0.15) is 12.4 Å². The van der Waals surface area contributed by atoms with Crippen molar-refractivity contribution in [3.8, 4) is 5.75 Å². The van der Waals surface area contributed by atoms with Crippen LogP contribution in [0.15, 0.2) is 41.0 Å². The highest BCUT2D eigenvalue weighted by Gasteiger charge is 2.20. The number of rotatable bonds is 7. The summed E-state index contributed by atoms with van der Waals surface area (Å²) in [6.45, 7) is 2.29. The predicted octanol–water partition coefficient (Wildman–Crippen LogP) is 2.98. The Kier molecular flexibility index (Phi) is 4.38.